The topological polar surface area (TPSA) is 63.8 Å². The van der Waals surface area contributed by atoms with Crippen LogP contribution in [0.4, 0.5) is 5.95 Å². The summed E-state index contributed by atoms with van der Waals surface area (Å²) in [5.74, 6) is 1.09. The van der Waals surface area contributed by atoms with Crippen molar-refractivity contribution in [2.45, 2.75) is 32.7 Å². The molecule has 0 aromatic carbocycles. The molecule has 0 saturated heterocycles. The van der Waals surface area contributed by atoms with Gasteiger partial charge < -0.3 is 11.1 Å². The summed E-state index contributed by atoms with van der Waals surface area (Å²) in [6, 6.07) is 2.04. The fourth-order valence-corrected chi connectivity index (χ4v) is 1.03. The smallest absolute Gasteiger partial charge is 0.222 e. The maximum Gasteiger partial charge on any atom is 0.222 e. The van der Waals surface area contributed by atoms with Gasteiger partial charge in [0, 0.05) is 24.5 Å². The Morgan fingerprint density at radius 2 is 2.14 bits per heavy atom. The highest BCUT2D eigenvalue weighted by molar-refractivity contribution is 5.26. The summed E-state index contributed by atoms with van der Waals surface area (Å²) in [7, 11) is 0. The van der Waals surface area contributed by atoms with Gasteiger partial charge in [0.05, 0.1) is 0 Å². The van der Waals surface area contributed by atoms with Crippen molar-refractivity contribution in [3.63, 3.8) is 0 Å². The van der Waals surface area contributed by atoms with E-state index in [0.29, 0.717) is 18.4 Å². The molecule has 1 unspecified atom stereocenters. The number of anilines is 1. The third-order valence-corrected chi connectivity index (χ3v) is 1.85. The van der Waals surface area contributed by atoms with Gasteiger partial charge in [-0.3, -0.25) is 0 Å². The third-order valence-electron chi connectivity index (χ3n) is 1.85. The Balaban J connectivity index is 2.64. The van der Waals surface area contributed by atoms with E-state index in [1.54, 1.807) is 6.20 Å². The Kier molecular flexibility index (Phi) is 3.83. The molecular formula is C10H18N4. The molecule has 1 aromatic heterocycles. The molecule has 0 bridgehead atoms. The SMILES string of the molecule is CC(N)CNc1nccc(C(C)C)n1. The van der Waals surface area contributed by atoms with Gasteiger partial charge in [-0.1, -0.05) is 13.8 Å². The molecule has 3 N–H and O–H groups in total. The highest BCUT2D eigenvalue weighted by Gasteiger charge is 2.03. The highest BCUT2D eigenvalue weighted by atomic mass is 15.1. The minimum atomic E-state index is 0.112. The molecular weight excluding hydrogens is 176 g/mol. The van der Waals surface area contributed by atoms with Crippen molar-refractivity contribution < 1.29 is 0 Å². The molecule has 0 aliphatic rings. The normalized spacial score (nSPS) is 12.9. The molecule has 0 radical (unpaired) electrons. The lowest BCUT2D eigenvalue weighted by atomic mass is 10.1. The van der Waals surface area contributed by atoms with Crippen LogP contribution < -0.4 is 11.1 Å². The van der Waals surface area contributed by atoms with Gasteiger partial charge in [-0.05, 0) is 18.9 Å². The Morgan fingerprint density at radius 3 is 2.71 bits per heavy atom. The van der Waals surface area contributed by atoms with E-state index < -0.39 is 0 Å². The third kappa shape index (κ3) is 3.30. The molecule has 0 aliphatic carbocycles. The molecule has 14 heavy (non-hydrogen) atoms. The van der Waals surface area contributed by atoms with Crippen LogP contribution in [0.2, 0.25) is 0 Å². The second-order valence-corrected chi connectivity index (χ2v) is 3.82. The quantitative estimate of drug-likeness (QED) is 0.759. The summed E-state index contributed by atoms with van der Waals surface area (Å²) in [5.41, 5.74) is 6.67. The molecule has 1 heterocycles. The monoisotopic (exact) mass is 194 g/mol. The van der Waals surface area contributed by atoms with Gasteiger partial charge in [-0.25, -0.2) is 9.97 Å². The first kappa shape index (κ1) is 10.9. The standard InChI is InChI=1S/C10H18N4/c1-7(2)9-4-5-12-10(14-9)13-6-8(3)11/h4-5,7-8H,6,11H2,1-3H3,(H,12,13,14). The molecule has 78 valence electrons. The number of hydrogen-bond acceptors (Lipinski definition) is 4. The predicted octanol–water partition coefficient (Wildman–Crippen LogP) is 1.36. The number of nitrogens with two attached hydrogens (primary N) is 1. The lowest BCUT2D eigenvalue weighted by Crippen LogP contribution is -2.26. The zero-order chi connectivity index (χ0) is 10.6. The maximum absolute atomic E-state index is 5.62. The van der Waals surface area contributed by atoms with Gasteiger partial charge in [0.15, 0.2) is 0 Å². The Bertz CT molecular complexity index is 283. The number of nitrogens with one attached hydrogen (secondary N) is 1. The summed E-state index contributed by atoms with van der Waals surface area (Å²) >= 11 is 0. The first-order valence-electron chi connectivity index (χ1n) is 4.92. The molecule has 0 aliphatic heterocycles. The molecule has 1 atom stereocenters. The molecule has 4 nitrogen and oxygen atoms in total. The summed E-state index contributed by atoms with van der Waals surface area (Å²) < 4.78 is 0. The molecule has 1 rings (SSSR count). The van der Waals surface area contributed by atoms with E-state index in [0.717, 1.165) is 5.69 Å². The van der Waals surface area contributed by atoms with Gasteiger partial charge in [-0.2, -0.15) is 0 Å². The van der Waals surface area contributed by atoms with Crippen LogP contribution in [0.5, 0.6) is 0 Å². The van der Waals surface area contributed by atoms with Crippen LogP contribution >= 0.6 is 0 Å². The fraction of sp³-hybridized carbons (Fsp3) is 0.600. The summed E-state index contributed by atoms with van der Waals surface area (Å²) in [4.78, 5) is 8.48. The van der Waals surface area contributed by atoms with Crippen molar-refractivity contribution in [3.05, 3.63) is 18.0 Å². The summed E-state index contributed by atoms with van der Waals surface area (Å²) in [6.45, 7) is 6.86. The van der Waals surface area contributed by atoms with E-state index >= 15 is 0 Å². The van der Waals surface area contributed by atoms with E-state index in [1.165, 1.54) is 0 Å². The van der Waals surface area contributed by atoms with Gasteiger partial charge in [0.25, 0.3) is 0 Å². The van der Waals surface area contributed by atoms with Crippen LogP contribution in [0.3, 0.4) is 0 Å². The summed E-state index contributed by atoms with van der Waals surface area (Å²) in [6.07, 6.45) is 1.77. The first-order chi connectivity index (χ1) is 6.59. The van der Waals surface area contributed by atoms with Crippen molar-refractivity contribution >= 4 is 5.95 Å². The molecule has 0 saturated carbocycles. The molecule has 0 spiro atoms. The van der Waals surface area contributed by atoms with Gasteiger partial charge in [-0.15, -0.1) is 0 Å². The predicted molar refractivity (Wildman–Crippen MR) is 58.3 cm³/mol. The van der Waals surface area contributed by atoms with Crippen LogP contribution in [-0.4, -0.2) is 22.6 Å². The van der Waals surface area contributed by atoms with E-state index in [4.69, 9.17) is 5.73 Å². The Morgan fingerprint density at radius 1 is 1.43 bits per heavy atom. The van der Waals surface area contributed by atoms with Crippen molar-refractivity contribution in [3.8, 4) is 0 Å². The van der Waals surface area contributed by atoms with Crippen LogP contribution in [-0.2, 0) is 0 Å². The maximum atomic E-state index is 5.62. The van der Waals surface area contributed by atoms with Crippen LogP contribution in [0.1, 0.15) is 32.4 Å². The lowest BCUT2D eigenvalue weighted by molar-refractivity contribution is 0.765. The molecule has 1 aromatic rings. The fourth-order valence-electron chi connectivity index (χ4n) is 1.03. The zero-order valence-electron chi connectivity index (χ0n) is 8.99. The minimum absolute atomic E-state index is 0.112. The van der Waals surface area contributed by atoms with Gasteiger partial charge >= 0.3 is 0 Å². The van der Waals surface area contributed by atoms with E-state index in [1.807, 2.05) is 13.0 Å². The molecule has 0 amide bonds. The zero-order valence-corrected chi connectivity index (χ0v) is 8.99. The number of nitrogens with zero attached hydrogens (tertiary/aromatic N) is 2. The molecule has 0 fully saturated rings. The van der Waals surface area contributed by atoms with Crippen LogP contribution in [0.15, 0.2) is 12.3 Å². The second kappa shape index (κ2) is 4.91. The van der Waals surface area contributed by atoms with Crippen molar-refractivity contribution in [1.29, 1.82) is 0 Å². The van der Waals surface area contributed by atoms with Crippen molar-refractivity contribution in [1.82, 2.24) is 9.97 Å². The van der Waals surface area contributed by atoms with Gasteiger partial charge in [0.1, 0.15) is 0 Å². The van der Waals surface area contributed by atoms with Crippen LogP contribution in [0.25, 0.3) is 0 Å². The van der Waals surface area contributed by atoms with E-state index in [-0.39, 0.29) is 6.04 Å². The van der Waals surface area contributed by atoms with E-state index in [2.05, 4.69) is 29.1 Å². The lowest BCUT2D eigenvalue weighted by Gasteiger charge is -2.09. The number of rotatable bonds is 4. The first-order valence-corrected chi connectivity index (χ1v) is 4.92. The average molecular weight is 194 g/mol. The molecule has 4 heteroatoms. The Labute approximate surface area is 85.0 Å². The number of aromatic nitrogens is 2. The Hall–Kier alpha value is -1.16. The number of hydrogen-bond donors (Lipinski definition) is 2. The van der Waals surface area contributed by atoms with Crippen molar-refractivity contribution in [2.24, 2.45) is 5.73 Å². The average Bonchev–Trinajstić information content (AvgIpc) is 2.15. The second-order valence-electron chi connectivity index (χ2n) is 3.82. The van der Waals surface area contributed by atoms with Crippen molar-refractivity contribution in [2.75, 3.05) is 11.9 Å². The minimum Gasteiger partial charge on any atom is -0.353 e. The van der Waals surface area contributed by atoms with Crippen LogP contribution in [0, 0.1) is 0 Å². The summed E-state index contributed by atoms with van der Waals surface area (Å²) in [5, 5.41) is 3.09. The largest absolute Gasteiger partial charge is 0.353 e. The highest BCUT2D eigenvalue weighted by Crippen LogP contribution is 2.11. The van der Waals surface area contributed by atoms with Gasteiger partial charge in [0.2, 0.25) is 5.95 Å². The van der Waals surface area contributed by atoms with E-state index in [9.17, 15) is 0 Å².